The summed E-state index contributed by atoms with van der Waals surface area (Å²) in [5, 5.41) is 0. The average Bonchev–Trinajstić information content (AvgIpc) is 2.25. The number of hydrogen-bond donors (Lipinski definition) is 0. The first kappa shape index (κ1) is 8.54. The number of imide groups is 1. The Labute approximate surface area is 71.0 Å². The predicted molar refractivity (Wildman–Crippen MR) is 43.9 cm³/mol. The van der Waals surface area contributed by atoms with Crippen LogP contribution >= 0.6 is 0 Å². The molecule has 0 aromatic rings. The molecule has 1 rings (SSSR count). The summed E-state index contributed by atoms with van der Waals surface area (Å²) in [6.45, 7) is 3.79. The first-order valence-corrected chi connectivity index (χ1v) is 3.62. The first-order chi connectivity index (χ1) is 5.66. The second-order valence-corrected chi connectivity index (χ2v) is 2.58. The largest absolute Gasteiger partial charge is 0.278 e. The number of carbonyl (C=O) groups excluding carboxylic acids is 2. The summed E-state index contributed by atoms with van der Waals surface area (Å²) in [6.07, 6.45) is 5.56. The van der Waals surface area contributed by atoms with Gasteiger partial charge in [-0.05, 0) is 0 Å². The van der Waals surface area contributed by atoms with Crippen LogP contribution in [0.2, 0.25) is 0 Å². The van der Waals surface area contributed by atoms with Crippen LogP contribution in [-0.4, -0.2) is 23.3 Å². The second-order valence-electron chi connectivity index (χ2n) is 2.58. The molecule has 3 heteroatoms. The third kappa shape index (κ3) is 1.37. The van der Waals surface area contributed by atoms with Gasteiger partial charge in [-0.3, -0.25) is 14.5 Å². The summed E-state index contributed by atoms with van der Waals surface area (Å²) in [5.41, 5.74) is 0.358. The fourth-order valence-corrected chi connectivity index (χ4v) is 1.06. The van der Waals surface area contributed by atoms with E-state index >= 15 is 0 Å². The topological polar surface area (TPSA) is 37.4 Å². The van der Waals surface area contributed by atoms with Crippen LogP contribution in [0.4, 0.5) is 0 Å². The molecule has 1 aliphatic rings. The van der Waals surface area contributed by atoms with Gasteiger partial charge in [0.2, 0.25) is 5.91 Å². The van der Waals surface area contributed by atoms with Gasteiger partial charge in [0.15, 0.2) is 0 Å². The molecule has 0 atom stereocenters. The van der Waals surface area contributed by atoms with Crippen molar-refractivity contribution in [2.45, 2.75) is 12.8 Å². The van der Waals surface area contributed by atoms with E-state index in [2.05, 4.69) is 12.5 Å². The van der Waals surface area contributed by atoms with E-state index in [1.807, 2.05) is 0 Å². The molecule has 12 heavy (non-hydrogen) atoms. The summed E-state index contributed by atoms with van der Waals surface area (Å²) >= 11 is 0. The molecule has 1 heterocycles. The lowest BCUT2D eigenvalue weighted by Crippen LogP contribution is -2.30. The van der Waals surface area contributed by atoms with Gasteiger partial charge in [0.1, 0.15) is 0 Å². The van der Waals surface area contributed by atoms with E-state index in [-0.39, 0.29) is 18.2 Å². The Morgan fingerprint density at radius 1 is 1.58 bits per heavy atom. The third-order valence-corrected chi connectivity index (χ3v) is 1.69. The fraction of sp³-hybridized carbons (Fsp3) is 0.333. The van der Waals surface area contributed by atoms with Crippen LogP contribution in [0, 0.1) is 12.3 Å². The molecule has 0 N–H and O–H groups in total. The maximum atomic E-state index is 11.2. The van der Waals surface area contributed by atoms with E-state index in [0.717, 1.165) is 4.90 Å². The average molecular weight is 163 g/mol. The van der Waals surface area contributed by atoms with E-state index in [4.69, 9.17) is 6.42 Å². The SMILES string of the molecule is C#CCCN1C(=O)CC(=C)C1=O. The highest BCUT2D eigenvalue weighted by molar-refractivity contribution is 6.12. The normalized spacial score (nSPS) is 16.9. The lowest BCUT2D eigenvalue weighted by molar-refractivity contribution is -0.137. The fourth-order valence-electron chi connectivity index (χ4n) is 1.06. The van der Waals surface area contributed by atoms with E-state index in [1.165, 1.54) is 0 Å². The van der Waals surface area contributed by atoms with E-state index in [9.17, 15) is 9.59 Å². The Bertz CT molecular complexity index is 285. The van der Waals surface area contributed by atoms with Crippen molar-refractivity contribution in [2.75, 3.05) is 6.54 Å². The molecule has 0 radical (unpaired) electrons. The van der Waals surface area contributed by atoms with Gasteiger partial charge in [-0.2, -0.15) is 0 Å². The van der Waals surface area contributed by atoms with Gasteiger partial charge in [0.05, 0.1) is 6.42 Å². The van der Waals surface area contributed by atoms with Gasteiger partial charge in [-0.1, -0.05) is 6.58 Å². The van der Waals surface area contributed by atoms with Gasteiger partial charge in [-0.25, -0.2) is 0 Å². The Morgan fingerprint density at radius 2 is 2.25 bits per heavy atom. The van der Waals surface area contributed by atoms with Crippen molar-refractivity contribution < 1.29 is 9.59 Å². The molecule has 0 unspecified atom stereocenters. The molecule has 1 aliphatic heterocycles. The summed E-state index contributed by atoms with van der Waals surface area (Å²) < 4.78 is 0. The molecule has 1 saturated heterocycles. The van der Waals surface area contributed by atoms with Crippen LogP contribution in [0.3, 0.4) is 0 Å². The molecule has 3 nitrogen and oxygen atoms in total. The summed E-state index contributed by atoms with van der Waals surface area (Å²) in [4.78, 5) is 23.4. The number of likely N-dealkylation sites (tertiary alicyclic amines) is 1. The van der Waals surface area contributed by atoms with Crippen LogP contribution in [0.5, 0.6) is 0 Å². The van der Waals surface area contributed by atoms with E-state index in [1.54, 1.807) is 0 Å². The lowest BCUT2D eigenvalue weighted by Gasteiger charge is -2.10. The third-order valence-electron chi connectivity index (χ3n) is 1.69. The number of nitrogens with zero attached hydrogens (tertiary/aromatic N) is 1. The monoisotopic (exact) mass is 163 g/mol. The molecule has 0 bridgehead atoms. The van der Waals surface area contributed by atoms with Crippen molar-refractivity contribution >= 4 is 11.8 Å². The highest BCUT2D eigenvalue weighted by Gasteiger charge is 2.31. The maximum absolute atomic E-state index is 11.2. The first-order valence-electron chi connectivity index (χ1n) is 3.62. The minimum absolute atomic E-state index is 0.142. The highest BCUT2D eigenvalue weighted by Crippen LogP contribution is 2.16. The Balaban J connectivity index is 2.65. The minimum Gasteiger partial charge on any atom is -0.278 e. The quantitative estimate of drug-likeness (QED) is 0.334. The molecular formula is C9H9NO2. The zero-order chi connectivity index (χ0) is 9.14. The van der Waals surface area contributed by atoms with Crippen LogP contribution in [0.15, 0.2) is 12.2 Å². The van der Waals surface area contributed by atoms with Gasteiger partial charge < -0.3 is 0 Å². The second kappa shape index (κ2) is 3.22. The van der Waals surface area contributed by atoms with Gasteiger partial charge >= 0.3 is 0 Å². The van der Waals surface area contributed by atoms with Crippen molar-refractivity contribution in [2.24, 2.45) is 0 Å². The Kier molecular flexibility index (Phi) is 2.29. The van der Waals surface area contributed by atoms with Gasteiger partial charge in [0, 0.05) is 18.5 Å². The molecule has 0 aromatic carbocycles. The van der Waals surface area contributed by atoms with Crippen molar-refractivity contribution in [1.82, 2.24) is 4.90 Å². The Morgan fingerprint density at radius 3 is 2.67 bits per heavy atom. The molecule has 0 spiro atoms. The molecule has 0 aromatic heterocycles. The van der Waals surface area contributed by atoms with E-state index in [0.29, 0.717) is 18.5 Å². The molecule has 2 amide bonds. The molecule has 0 aliphatic carbocycles. The number of terminal acetylenes is 1. The van der Waals surface area contributed by atoms with Crippen LogP contribution in [-0.2, 0) is 9.59 Å². The number of hydrogen-bond acceptors (Lipinski definition) is 2. The Hall–Kier alpha value is -1.56. The van der Waals surface area contributed by atoms with Gasteiger partial charge in [-0.15, -0.1) is 12.3 Å². The molecule has 0 saturated carbocycles. The molecule has 62 valence electrons. The molecular weight excluding hydrogens is 154 g/mol. The van der Waals surface area contributed by atoms with Crippen molar-refractivity contribution in [3.8, 4) is 12.3 Å². The standard InChI is InChI=1S/C9H9NO2/c1-3-4-5-10-8(11)6-7(2)9(10)12/h1H,2,4-6H2. The highest BCUT2D eigenvalue weighted by atomic mass is 16.2. The smallest absolute Gasteiger partial charge is 0.256 e. The van der Waals surface area contributed by atoms with Crippen LogP contribution in [0.1, 0.15) is 12.8 Å². The summed E-state index contributed by atoms with van der Waals surface area (Å²) in [6, 6.07) is 0. The summed E-state index contributed by atoms with van der Waals surface area (Å²) in [5.74, 6) is 1.90. The van der Waals surface area contributed by atoms with Crippen molar-refractivity contribution in [3.63, 3.8) is 0 Å². The zero-order valence-electron chi connectivity index (χ0n) is 6.67. The number of amides is 2. The number of rotatable bonds is 2. The lowest BCUT2D eigenvalue weighted by atomic mass is 10.3. The zero-order valence-corrected chi connectivity index (χ0v) is 6.67. The number of carbonyl (C=O) groups is 2. The van der Waals surface area contributed by atoms with Crippen molar-refractivity contribution in [1.29, 1.82) is 0 Å². The van der Waals surface area contributed by atoms with Crippen molar-refractivity contribution in [3.05, 3.63) is 12.2 Å². The summed E-state index contributed by atoms with van der Waals surface area (Å²) in [7, 11) is 0. The minimum atomic E-state index is -0.282. The predicted octanol–water partition coefficient (Wildman–Crippen LogP) is 0.325. The van der Waals surface area contributed by atoms with Crippen LogP contribution in [0.25, 0.3) is 0 Å². The van der Waals surface area contributed by atoms with Gasteiger partial charge in [0.25, 0.3) is 5.91 Å². The van der Waals surface area contributed by atoms with E-state index < -0.39 is 0 Å². The maximum Gasteiger partial charge on any atom is 0.256 e. The molecule has 1 fully saturated rings. The van der Waals surface area contributed by atoms with Crippen LogP contribution < -0.4 is 0 Å².